The highest BCUT2D eigenvalue weighted by Crippen LogP contribution is 2.36. The van der Waals surface area contributed by atoms with Gasteiger partial charge in [0.15, 0.2) is 0 Å². The van der Waals surface area contributed by atoms with Crippen LogP contribution in [0, 0.1) is 5.41 Å². The molecule has 1 aliphatic carbocycles. The van der Waals surface area contributed by atoms with E-state index in [1.54, 1.807) is 6.92 Å². The predicted molar refractivity (Wildman–Crippen MR) is 73.6 cm³/mol. The van der Waals surface area contributed by atoms with Gasteiger partial charge in [-0.2, -0.15) is 0 Å². The van der Waals surface area contributed by atoms with Crippen molar-refractivity contribution in [3.8, 4) is 0 Å². The summed E-state index contributed by atoms with van der Waals surface area (Å²) in [6.07, 6.45) is 5.74. The molecule has 5 heteroatoms. The molecule has 1 aliphatic rings. The monoisotopic (exact) mass is 270 g/mol. The van der Waals surface area contributed by atoms with Crippen molar-refractivity contribution in [2.45, 2.75) is 70.9 Å². The van der Waals surface area contributed by atoms with Gasteiger partial charge in [0.1, 0.15) is 0 Å². The number of carboxylic acids is 1. The molecule has 1 amide bonds. The zero-order valence-corrected chi connectivity index (χ0v) is 11.9. The summed E-state index contributed by atoms with van der Waals surface area (Å²) in [6.45, 7) is 3.77. The molecule has 19 heavy (non-hydrogen) atoms. The standard InChI is InChI=1S/C14H26N2O3/c1-3-4-7-10(15)12(17)16-11-8-5-6-9-14(11,2)13(18)19/h10-11H,3-9,15H2,1-2H3,(H,16,17)(H,18,19)/t10-,11?,14?/m0/s1. The lowest BCUT2D eigenvalue weighted by atomic mass is 9.71. The van der Waals surface area contributed by atoms with Crippen LogP contribution in [-0.2, 0) is 9.59 Å². The molecular formula is C14H26N2O3. The van der Waals surface area contributed by atoms with E-state index in [2.05, 4.69) is 5.32 Å². The molecule has 0 aromatic heterocycles. The quantitative estimate of drug-likeness (QED) is 0.684. The Morgan fingerprint density at radius 2 is 2.16 bits per heavy atom. The zero-order chi connectivity index (χ0) is 14.5. The summed E-state index contributed by atoms with van der Waals surface area (Å²) in [5, 5.41) is 12.2. The highest BCUT2D eigenvalue weighted by atomic mass is 16.4. The van der Waals surface area contributed by atoms with E-state index in [0.29, 0.717) is 12.8 Å². The Kier molecular flexibility index (Phi) is 5.79. The molecule has 1 rings (SSSR count). The summed E-state index contributed by atoms with van der Waals surface area (Å²) in [5.41, 5.74) is 4.96. The van der Waals surface area contributed by atoms with Gasteiger partial charge >= 0.3 is 5.97 Å². The Labute approximate surface area is 114 Å². The number of nitrogens with two attached hydrogens (primary N) is 1. The van der Waals surface area contributed by atoms with Gasteiger partial charge in [-0.15, -0.1) is 0 Å². The van der Waals surface area contributed by atoms with Crippen molar-refractivity contribution < 1.29 is 14.7 Å². The highest BCUT2D eigenvalue weighted by Gasteiger charge is 2.44. The van der Waals surface area contributed by atoms with Gasteiger partial charge in [-0.3, -0.25) is 9.59 Å². The summed E-state index contributed by atoms with van der Waals surface area (Å²) < 4.78 is 0. The number of nitrogens with one attached hydrogen (secondary N) is 1. The third kappa shape index (κ3) is 3.93. The van der Waals surface area contributed by atoms with Crippen molar-refractivity contribution in [1.29, 1.82) is 0 Å². The lowest BCUT2D eigenvalue weighted by molar-refractivity contribution is -0.152. The molecule has 1 fully saturated rings. The molecule has 0 spiro atoms. The number of unbranched alkanes of at least 4 members (excludes halogenated alkanes) is 1. The van der Waals surface area contributed by atoms with Crippen LogP contribution >= 0.6 is 0 Å². The number of hydrogen-bond donors (Lipinski definition) is 3. The molecule has 3 atom stereocenters. The molecule has 1 saturated carbocycles. The van der Waals surface area contributed by atoms with Gasteiger partial charge < -0.3 is 16.2 Å². The normalized spacial score (nSPS) is 28.7. The molecule has 0 heterocycles. The Morgan fingerprint density at radius 1 is 1.47 bits per heavy atom. The summed E-state index contributed by atoms with van der Waals surface area (Å²) in [6, 6.07) is -0.834. The Balaban J connectivity index is 2.62. The SMILES string of the molecule is CCCC[C@H](N)C(=O)NC1CCCCC1(C)C(=O)O. The van der Waals surface area contributed by atoms with Crippen LogP contribution < -0.4 is 11.1 Å². The van der Waals surface area contributed by atoms with Crippen molar-refractivity contribution >= 4 is 11.9 Å². The van der Waals surface area contributed by atoms with E-state index >= 15 is 0 Å². The minimum atomic E-state index is -0.863. The van der Waals surface area contributed by atoms with E-state index in [1.807, 2.05) is 6.92 Å². The van der Waals surface area contributed by atoms with Gasteiger partial charge in [0, 0.05) is 6.04 Å². The van der Waals surface area contributed by atoms with Gasteiger partial charge in [0.2, 0.25) is 5.91 Å². The lowest BCUT2D eigenvalue weighted by Gasteiger charge is -2.38. The predicted octanol–water partition coefficient (Wildman–Crippen LogP) is 1.65. The van der Waals surface area contributed by atoms with Crippen LogP contribution in [0.15, 0.2) is 0 Å². The summed E-state index contributed by atoms with van der Waals surface area (Å²) in [4.78, 5) is 23.4. The second kappa shape index (κ2) is 6.89. The van der Waals surface area contributed by atoms with Crippen molar-refractivity contribution in [3.05, 3.63) is 0 Å². The fourth-order valence-electron chi connectivity index (χ4n) is 2.65. The average molecular weight is 270 g/mol. The maximum Gasteiger partial charge on any atom is 0.311 e. The molecule has 4 N–H and O–H groups in total. The van der Waals surface area contributed by atoms with E-state index in [9.17, 15) is 14.7 Å². The van der Waals surface area contributed by atoms with Crippen molar-refractivity contribution in [2.75, 3.05) is 0 Å². The number of rotatable bonds is 6. The Bertz CT molecular complexity index is 333. The van der Waals surface area contributed by atoms with E-state index in [0.717, 1.165) is 32.1 Å². The summed E-state index contributed by atoms with van der Waals surface area (Å²) >= 11 is 0. The Morgan fingerprint density at radius 3 is 2.74 bits per heavy atom. The smallest absolute Gasteiger partial charge is 0.311 e. The first-order valence-corrected chi connectivity index (χ1v) is 7.21. The fraction of sp³-hybridized carbons (Fsp3) is 0.857. The first kappa shape index (κ1) is 16.0. The van der Waals surface area contributed by atoms with Crippen LogP contribution in [0.1, 0.15) is 58.8 Å². The molecule has 110 valence electrons. The number of carbonyl (C=O) groups excluding carboxylic acids is 1. The van der Waals surface area contributed by atoms with Gasteiger partial charge in [-0.05, 0) is 26.2 Å². The third-order valence-corrected chi connectivity index (χ3v) is 4.22. The zero-order valence-electron chi connectivity index (χ0n) is 11.9. The maximum absolute atomic E-state index is 12.0. The topological polar surface area (TPSA) is 92.4 Å². The van der Waals surface area contributed by atoms with Gasteiger partial charge in [0.25, 0.3) is 0 Å². The molecule has 0 bridgehead atoms. The summed E-state index contributed by atoms with van der Waals surface area (Å²) in [5.74, 6) is -1.05. The average Bonchev–Trinajstić information content (AvgIpc) is 2.38. The molecule has 5 nitrogen and oxygen atoms in total. The van der Waals surface area contributed by atoms with E-state index in [-0.39, 0.29) is 11.9 Å². The number of carboxylic acid groups (broad SMARTS) is 1. The molecule has 0 aromatic rings. The minimum absolute atomic E-state index is 0.215. The fourth-order valence-corrected chi connectivity index (χ4v) is 2.65. The maximum atomic E-state index is 12.0. The lowest BCUT2D eigenvalue weighted by Crippen LogP contribution is -2.55. The van der Waals surface area contributed by atoms with Gasteiger partial charge in [-0.25, -0.2) is 0 Å². The van der Waals surface area contributed by atoms with Crippen LogP contribution in [0.2, 0.25) is 0 Å². The summed E-state index contributed by atoms with van der Waals surface area (Å²) in [7, 11) is 0. The second-order valence-corrected chi connectivity index (χ2v) is 5.78. The Hall–Kier alpha value is -1.10. The molecule has 0 saturated heterocycles. The van der Waals surface area contributed by atoms with Gasteiger partial charge in [0.05, 0.1) is 11.5 Å². The van der Waals surface area contributed by atoms with Crippen LogP contribution in [0.5, 0.6) is 0 Å². The van der Waals surface area contributed by atoms with Crippen LogP contribution in [0.4, 0.5) is 0 Å². The molecule has 0 aromatic carbocycles. The second-order valence-electron chi connectivity index (χ2n) is 5.78. The van der Waals surface area contributed by atoms with Gasteiger partial charge in [-0.1, -0.05) is 32.6 Å². The number of hydrogen-bond acceptors (Lipinski definition) is 3. The number of carbonyl (C=O) groups is 2. The molecular weight excluding hydrogens is 244 g/mol. The molecule has 2 unspecified atom stereocenters. The van der Waals surface area contributed by atoms with E-state index in [1.165, 1.54) is 0 Å². The minimum Gasteiger partial charge on any atom is -0.481 e. The van der Waals surface area contributed by atoms with Crippen molar-refractivity contribution in [3.63, 3.8) is 0 Å². The van der Waals surface area contributed by atoms with E-state index < -0.39 is 17.4 Å². The van der Waals surface area contributed by atoms with Crippen LogP contribution in [0.3, 0.4) is 0 Å². The highest BCUT2D eigenvalue weighted by molar-refractivity contribution is 5.83. The first-order chi connectivity index (χ1) is 8.91. The van der Waals surface area contributed by atoms with Crippen molar-refractivity contribution in [2.24, 2.45) is 11.1 Å². The van der Waals surface area contributed by atoms with Crippen molar-refractivity contribution in [1.82, 2.24) is 5.32 Å². The molecule has 0 aliphatic heterocycles. The first-order valence-electron chi connectivity index (χ1n) is 7.21. The van der Waals surface area contributed by atoms with E-state index in [4.69, 9.17) is 5.73 Å². The molecule has 0 radical (unpaired) electrons. The largest absolute Gasteiger partial charge is 0.481 e. The van der Waals surface area contributed by atoms with Crippen LogP contribution in [-0.4, -0.2) is 29.1 Å². The third-order valence-electron chi connectivity index (χ3n) is 4.22. The van der Waals surface area contributed by atoms with Crippen LogP contribution in [0.25, 0.3) is 0 Å². The number of amides is 1. The number of aliphatic carboxylic acids is 1.